The second kappa shape index (κ2) is 7.27. The lowest BCUT2D eigenvalue weighted by Gasteiger charge is -2.36. The number of carbonyl (C=O) groups is 3. The van der Waals surface area contributed by atoms with Gasteiger partial charge in [-0.15, -0.1) is 0 Å². The average molecular weight is 378 g/mol. The van der Waals surface area contributed by atoms with Gasteiger partial charge in [0.15, 0.2) is 0 Å². The molecular formula is C19H24ClN3O3. The molecule has 0 bridgehead atoms. The number of benzene rings is 1. The van der Waals surface area contributed by atoms with Crippen LogP contribution in [0, 0.1) is 5.92 Å². The SMILES string of the molecule is CC(NC(=O)CN1C(=O)NC2(CCCCC2C)C1=O)c1ccc(Cl)cc1. The fourth-order valence-electron chi connectivity index (χ4n) is 3.90. The zero-order valence-electron chi connectivity index (χ0n) is 15.0. The van der Waals surface area contributed by atoms with Crippen molar-refractivity contribution < 1.29 is 14.4 Å². The van der Waals surface area contributed by atoms with E-state index in [9.17, 15) is 14.4 Å². The summed E-state index contributed by atoms with van der Waals surface area (Å²) in [4.78, 5) is 38.6. The van der Waals surface area contributed by atoms with E-state index in [-0.39, 0.29) is 30.3 Å². The summed E-state index contributed by atoms with van der Waals surface area (Å²) in [6, 6.07) is 6.46. The van der Waals surface area contributed by atoms with Crippen molar-refractivity contribution in [3.05, 3.63) is 34.9 Å². The Morgan fingerprint density at radius 1 is 1.35 bits per heavy atom. The molecule has 6 nitrogen and oxygen atoms in total. The van der Waals surface area contributed by atoms with E-state index in [1.165, 1.54) is 0 Å². The molecule has 7 heteroatoms. The Hall–Kier alpha value is -2.08. The molecule has 1 aliphatic carbocycles. The summed E-state index contributed by atoms with van der Waals surface area (Å²) in [5.41, 5.74) is 0.0644. The highest BCUT2D eigenvalue weighted by atomic mass is 35.5. The maximum Gasteiger partial charge on any atom is 0.325 e. The fourth-order valence-corrected chi connectivity index (χ4v) is 4.03. The van der Waals surface area contributed by atoms with Crippen LogP contribution < -0.4 is 10.6 Å². The van der Waals surface area contributed by atoms with E-state index in [2.05, 4.69) is 10.6 Å². The molecule has 2 aliphatic rings. The van der Waals surface area contributed by atoms with Crippen LogP contribution in [0.1, 0.15) is 51.1 Å². The van der Waals surface area contributed by atoms with Gasteiger partial charge in [-0.25, -0.2) is 4.79 Å². The molecule has 1 saturated heterocycles. The third-order valence-electron chi connectivity index (χ3n) is 5.55. The Labute approximate surface area is 158 Å². The molecule has 3 unspecified atom stereocenters. The smallest absolute Gasteiger partial charge is 0.325 e. The molecule has 1 aromatic carbocycles. The highest BCUT2D eigenvalue weighted by Crippen LogP contribution is 2.38. The monoisotopic (exact) mass is 377 g/mol. The van der Waals surface area contributed by atoms with Gasteiger partial charge in [-0.2, -0.15) is 0 Å². The molecule has 1 saturated carbocycles. The van der Waals surface area contributed by atoms with Gasteiger partial charge in [0.05, 0.1) is 6.04 Å². The summed E-state index contributed by atoms with van der Waals surface area (Å²) < 4.78 is 0. The van der Waals surface area contributed by atoms with Crippen molar-refractivity contribution in [3.8, 4) is 0 Å². The van der Waals surface area contributed by atoms with Crippen LogP contribution in [0.5, 0.6) is 0 Å². The van der Waals surface area contributed by atoms with Crippen molar-refractivity contribution in [2.75, 3.05) is 6.54 Å². The van der Waals surface area contributed by atoms with Crippen LogP contribution in [-0.4, -0.2) is 34.8 Å². The number of carbonyl (C=O) groups excluding carboxylic acids is 3. The number of nitrogens with zero attached hydrogens (tertiary/aromatic N) is 1. The molecule has 2 fully saturated rings. The third kappa shape index (κ3) is 3.43. The highest BCUT2D eigenvalue weighted by Gasteiger charge is 2.55. The quantitative estimate of drug-likeness (QED) is 0.791. The van der Waals surface area contributed by atoms with Crippen molar-refractivity contribution in [1.29, 1.82) is 0 Å². The van der Waals surface area contributed by atoms with Gasteiger partial charge in [0.1, 0.15) is 12.1 Å². The first-order valence-corrected chi connectivity index (χ1v) is 9.40. The largest absolute Gasteiger partial charge is 0.348 e. The third-order valence-corrected chi connectivity index (χ3v) is 5.80. The molecule has 0 aromatic heterocycles. The van der Waals surface area contributed by atoms with Gasteiger partial charge in [0, 0.05) is 5.02 Å². The first kappa shape index (κ1) is 18.7. The van der Waals surface area contributed by atoms with Crippen LogP contribution in [0.3, 0.4) is 0 Å². The Morgan fingerprint density at radius 2 is 2.04 bits per heavy atom. The molecule has 0 radical (unpaired) electrons. The molecule has 1 heterocycles. The van der Waals surface area contributed by atoms with Crippen LogP contribution in [-0.2, 0) is 9.59 Å². The van der Waals surface area contributed by atoms with Gasteiger partial charge in [-0.1, -0.05) is 43.5 Å². The number of halogens is 1. The van der Waals surface area contributed by atoms with E-state index >= 15 is 0 Å². The maximum atomic E-state index is 12.9. The number of hydrogen-bond acceptors (Lipinski definition) is 3. The number of nitrogens with one attached hydrogen (secondary N) is 2. The first-order valence-electron chi connectivity index (χ1n) is 9.02. The summed E-state index contributed by atoms with van der Waals surface area (Å²) in [6.45, 7) is 3.57. The minimum atomic E-state index is -0.836. The Kier molecular flexibility index (Phi) is 5.23. The predicted molar refractivity (Wildman–Crippen MR) is 98.6 cm³/mol. The Bertz CT molecular complexity index is 721. The van der Waals surface area contributed by atoms with Gasteiger partial charge in [0.25, 0.3) is 5.91 Å². The van der Waals surface area contributed by atoms with Gasteiger partial charge < -0.3 is 10.6 Å². The molecular weight excluding hydrogens is 354 g/mol. The minimum absolute atomic E-state index is 0.0775. The van der Waals surface area contributed by atoms with Crippen LogP contribution in [0.15, 0.2) is 24.3 Å². The molecule has 140 valence electrons. The number of imide groups is 1. The van der Waals surface area contributed by atoms with Crippen LogP contribution in [0.25, 0.3) is 0 Å². The molecule has 4 amide bonds. The number of urea groups is 1. The second-order valence-corrected chi connectivity index (χ2v) is 7.72. The van der Waals surface area contributed by atoms with Crippen molar-refractivity contribution in [2.45, 2.75) is 51.1 Å². The standard InChI is InChI=1S/C19H24ClN3O3/c1-12-5-3-4-10-19(12)17(25)23(18(26)22-19)11-16(24)21-13(2)14-6-8-15(20)9-7-14/h6-9,12-13H,3-5,10-11H2,1-2H3,(H,21,24)(H,22,26). The molecule has 2 N–H and O–H groups in total. The van der Waals surface area contributed by atoms with E-state index in [0.717, 1.165) is 29.7 Å². The molecule has 1 aliphatic heterocycles. The van der Waals surface area contributed by atoms with Crippen LogP contribution in [0.4, 0.5) is 4.79 Å². The zero-order valence-corrected chi connectivity index (χ0v) is 15.8. The topological polar surface area (TPSA) is 78.5 Å². The number of rotatable bonds is 4. The fraction of sp³-hybridized carbons (Fsp3) is 0.526. The van der Waals surface area contributed by atoms with Crippen molar-refractivity contribution in [1.82, 2.24) is 15.5 Å². The Morgan fingerprint density at radius 3 is 2.69 bits per heavy atom. The summed E-state index contributed by atoms with van der Waals surface area (Å²) in [5, 5.41) is 6.31. The minimum Gasteiger partial charge on any atom is -0.348 e. The number of amides is 4. The molecule has 1 spiro atoms. The van der Waals surface area contributed by atoms with Crippen molar-refractivity contribution in [2.24, 2.45) is 5.92 Å². The van der Waals surface area contributed by atoms with Gasteiger partial charge in [-0.3, -0.25) is 14.5 Å². The van der Waals surface area contributed by atoms with E-state index in [1.807, 2.05) is 26.0 Å². The lowest BCUT2D eigenvalue weighted by atomic mass is 9.73. The highest BCUT2D eigenvalue weighted by molar-refractivity contribution is 6.30. The first-order chi connectivity index (χ1) is 12.3. The van der Waals surface area contributed by atoms with Crippen molar-refractivity contribution in [3.63, 3.8) is 0 Å². The summed E-state index contributed by atoms with van der Waals surface area (Å²) in [7, 11) is 0. The maximum absolute atomic E-state index is 12.9. The van der Waals surface area contributed by atoms with E-state index in [1.54, 1.807) is 12.1 Å². The summed E-state index contributed by atoms with van der Waals surface area (Å²) in [5.74, 6) is -0.561. The molecule has 3 rings (SSSR count). The van der Waals surface area contributed by atoms with E-state index < -0.39 is 11.6 Å². The van der Waals surface area contributed by atoms with Crippen molar-refractivity contribution >= 4 is 29.4 Å². The lowest BCUT2D eigenvalue weighted by molar-refractivity contribution is -0.137. The van der Waals surface area contributed by atoms with Gasteiger partial charge in [-0.05, 0) is 43.4 Å². The second-order valence-electron chi connectivity index (χ2n) is 7.28. The molecule has 26 heavy (non-hydrogen) atoms. The van der Waals surface area contributed by atoms with Gasteiger partial charge >= 0.3 is 6.03 Å². The molecule has 1 aromatic rings. The zero-order chi connectivity index (χ0) is 18.9. The van der Waals surface area contributed by atoms with E-state index in [4.69, 9.17) is 11.6 Å². The molecule has 3 atom stereocenters. The number of hydrogen-bond donors (Lipinski definition) is 2. The van der Waals surface area contributed by atoms with Gasteiger partial charge in [0.2, 0.25) is 5.91 Å². The van der Waals surface area contributed by atoms with Crippen LogP contribution in [0.2, 0.25) is 5.02 Å². The lowest BCUT2D eigenvalue weighted by Crippen LogP contribution is -2.54. The predicted octanol–water partition coefficient (Wildman–Crippen LogP) is 3.02. The summed E-state index contributed by atoms with van der Waals surface area (Å²) in [6.07, 6.45) is 3.51. The van der Waals surface area contributed by atoms with Crippen LogP contribution >= 0.6 is 11.6 Å². The van der Waals surface area contributed by atoms with E-state index in [0.29, 0.717) is 11.4 Å². The summed E-state index contributed by atoms with van der Waals surface area (Å²) >= 11 is 5.87. The normalized spacial score (nSPS) is 26.7. The Balaban J connectivity index is 1.64. The average Bonchev–Trinajstić information content (AvgIpc) is 2.83.